The first-order valence-corrected chi connectivity index (χ1v) is 6.18. The Kier molecular flexibility index (Phi) is 4.38. The Morgan fingerprint density at radius 1 is 1.28 bits per heavy atom. The molecule has 100 valence electrons. The fourth-order valence-electron chi connectivity index (χ4n) is 1.97. The van der Waals surface area contributed by atoms with E-state index in [1.807, 2.05) is 46.8 Å². The molecule has 1 aromatic carbocycles. The number of hydrogen-bond acceptors (Lipinski definition) is 3. The summed E-state index contributed by atoms with van der Waals surface area (Å²) < 4.78 is 10.6. The molecule has 0 atom stereocenters. The number of rotatable bonds is 4. The van der Waals surface area contributed by atoms with Crippen LogP contribution in [0.4, 0.5) is 0 Å². The van der Waals surface area contributed by atoms with Crippen molar-refractivity contribution in [1.29, 1.82) is 0 Å². The molecule has 0 saturated carbocycles. The van der Waals surface area contributed by atoms with Crippen molar-refractivity contribution in [3.05, 3.63) is 28.8 Å². The number of methoxy groups -OCH3 is 1. The minimum Gasteiger partial charge on any atom is -0.496 e. The Morgan fingerprint density at radius 2 is 1.89 bits per heavy atom. The standard InChI is InChI=1S/C15H22O3/c1-7-18-14(16)15(4,5)12-9-8-10(2)11(3)13(12)17-6/h8-9H,7H2,1-6H3. The van der Waals surface area contributed by atoms with Gasteiger partial charge in [0.1, 0.15) is 5.75 Å². The van der Waals surface area contributed by atoms with Crippen LogP contribution in [-0.2, 0) is 14.9 Å². The van der Waals surface area contributed by atoms with Gasteiger partial charge in [-0.05, 0) is 45.7 Å². The summed E-state index contributed by atoms with van der Waals surface area (Å²) in [5, 5.41) is 0. The first kappa shape index (κ1) is 14.6. The number of carbonyl (C=O) groups excluding carboxylic acids is 1. The van der Waals surface area contributed by atoms with Crippen LogP contribution in [0.25, 0.3) is 0 Å². The Morgan fingerprint density at radius 3 is 2.39 bits per heavy atom. The van der Waals surface area contributed by atoms with Crippen molar-refractivity contribution in [3.8, 4) is 5.75 Å². The van der Waals surface area contributed by atoms with E-state index in [2.05, 4.69) is 0 Å². The van der Waals surface area contributed by atoms with E-state index in [4.69, 9.17) is 9.47 Å². The molecule has 1 rings (SSSR count). The Balaban J connectivity index is 3.32. The zero-order valence-electron chi connectivity index (χ0n) is 12.1. The quantitative estimate of drug-likeness (QED) is 0.770. The predicted octanol–water partition coefficient (Wildman–Crippen LogP) is 3.15. The lowest BCUT2D eigenvalue weighted by molar-refractivity contribution is -0.148. The molecule has 0 heterocycles. The predicted molar refractivity (Wildman–Crippen MR) is 72.1 cm³/mol. The number of carbonyl (C=O) groups is 1. The summed E-state index contributed by atoms with van der Waals surface area (Å²) in [5.41, 5.74) is 2.37. The van der Waals surface area contributed by atoms with E-state index in [9.17, 15) is 4.79 Å². The number of aryl methyl sites for hydroxylation is 1. The third-order valence-electron chi connectivity index (χ3n) is 3.34. The summed E-state index contributed by atoms with van der Waals surface area (Å²) in [7, 11) is 1.63. The molecule has 0 unspecified atom stereocenters. The van der Waals surface area contributed by atoms with E-state index in [1.54, 1.807) is 7.11 Å². The SMILES string of the molecule is CCOC(=O)C(C)(C)c1ccc(C)c(C)c1OC. The molecule has 0 spiro atoms. The van der Waals surface area contributed by atoms with Crippen LogP contribution in [0.2, 0.25) is 0 Å². The summed E-state index contributed by atoms with van der Waals surface area (Å²) in [6.45, 7) is 9.94. The van der Waals surface area contributed by atoms with E-state index in [-0.39, 0.29) is 5.97 Å². The lowest BCUT2D eigenvalue weighted by Gasteiger charge is -2.26. The van der Waals surface area contributed by atoms with Gasteiger partial charge in [0.05, 0.1) is 19.1 Å². The van der Waals surface area contributed by atoms with Gasteiger partial charge in [-0.1, -0.05) is 12.1 Å². The second-order valence-corrected chi connectivity index (χ2v) is 4.93. The topological polar surface area (TPSA) is 35.5 Å². The second-order valence-electron chi connectivity index (χ2n) is 4.93. The summed E-state index contributed by atoms with van der Waals surface area (Å²) in [6, 6.07) is 3.95. The lowest BCUT2D eigenvalue weighted by Crippen LogP contribution is -2.31. The van der Waals surface area contributed by atoms with Crippen LogP contribution in [0.15, 0.2) is 12.1 Å². The highest BCUT2D eigenvalue weighted by Crippen LogP contribution is 2.36. The molecule has 0 radical (unpaired) electrons. The van der Waals surface area contributed by atoms with Crippen molar-refractivity contribution >= 4 is 5.97 Å². The van der Waals surface area contributed by atoms with Crippen LogP contribution in [0, 0.1) is 13.8 Å². The van der Waals surface area contributed by atoms with Crippen molar-refractivity contribution in [2.24, 2.45) is 0 Å². The van der Waals surface area contributed by atoms with Gasteiger partial charge in [-0.15, -0.1) is 0 Å². The molecule has 0 fully saturated rings. The minimum atomic E-state index is -0.709. The molecule has 3 nitrogen and oxygen atoms in total. The maximum Gasteiger partial charge on any atom is 0.316 e. The van der Waals surface area contributed by atoms with E-state index >= 15 is 0 Å². The van der Waals surface area contributed by atoms with Crippen LogP contribution in [0.5, 0.6) is 5.75 Å². The Labute approximate surface area is 109 Å². The molecule has 0 saturated heterocycles. The van der Waals surface area contributed by atoms with Crippen LogP contribution in [0.1, 0.15) is 37.5 Å². The van der Waals surface area contributed by atoms with Gasteiger partial charge in [-0.25, -0.2) is 0 Å². The van der Waals surface area contributed by atoms with Crippen molar-refractivity contribution in [2.75, 3.05) is 13.7 Å². The smallest absolute Gasteiger partial charge is 0.316 e. The number of esters is 1. The first-order valence-electron chi connectivity index (χ1n) is 6.18. The molecule has 0 N–H and O–H groups in total. The van der Waals surface area contributed by atoms with Gasteiger partial charge in [0.25, 0.3) is 0 Å². The van der Waals surface area contributed by atoms with Crippen molar-refractivity contribution < 1.29 is 14.3 Å². The Bertz CT molecular complexity index is 447. The van der Waals surface area contributed by atoms with E-state index in [1.165, 1.54) is 0 Å². The lowest BCUT2D eigenvalue weighted by atomic mass is 9.82. The third kappa shape index (κ3) is 2.50. The molecule has 0 aliphatic carbocycles. The molecule has 18 heavy (non-hydrogen) atoms. The first-order chi connectivity index (χ1) is 8.36. The molecular weight excluding hydrogens is 228 g/mol. The van der Waals surface area contributed by atoms with Gasteiger partial charge in [-0.2, -0.15) is 0 Å². The van der Waals surface area contributed by atoms with Crippen LogP contribution in [0.3, 0.4) is 0 Å². The van der Waals surface area contributed by atoms with Crippen LogP contribution in [-0.4, -0.2) is 19.7 Å². The highest BCUT2D eigenvalue weighted by Gasteiger charge is 2.34. The van der Waals surface area contributed by atoms with Crippen LogP contribution < -0.4 is 4.74 Å². The van der Waals surface area contributed by atoms with Gasteiger partial charge < -0.3 is 9.47 Å². The van der Waals surface area contributed by atoms with Gasteiger partial charge >= 0.3 is 5.97 Å². The molecular formula is C15H22O3. The monoisotopic (exact) mass is 250 g/mol. The molecule has 1 aromatic rings. The number of ether oxygens (including phenoxy) is 2. The highest BCUT2D eigenvalue weighted by molar-refractivity contribution is 5.83. The summed E-state index contributed by atoms with van der Waals surface area (Å²) in [4.78, 5) is 12.1. The Hall–Kier alpha value is -1.51. The largest absolute Gasteiger partial charge is 0.496 e. The van der Waals surface area contributed by atoms with E-state index < -0.39 is 5.41 Å². The van der Waals surface area contributed by atoms with Gasteiger partial charge in [0, 0.05) is 5.56 Å². The third-order valence-corrected chi connectivity index (χ3v) is 3.34. The maximum atomic E-state index is 12.1. The molecule has 0 amide bonds. The molecule has 0 aliphatic heterocycles. The zero-order valence-corrected chi connectivity index (χ0v) is 12.1. The van der Waals surface area contributed by atoms with Crippen LogP contribution >= 0.6 is 0 Å². The molecule has 0 bridgehead atoms. The summed E-state index contributed by atoms with van der Waals surface area (Å²) in [5.74, 6) is 0.541. The van der Waals surface area contributed by atoms with E-state index in [0.29, 0.717) is 6.61 Å². The average molecular weight is 250 g/mol. The highest BCUT2D eigenvalue weighted by atomic mass is 16.5. The summed E-state index contributed by atoms with van der Waals surface area (Å²) in [6.07, 6.45) is 0. The van der Waals surface area contributed by atoms with Crippen molar-refractivity contribution in [1.82, 2.24) is 0 Å². The maximum absolute atomic E-state index is 12.1. The summed E-state index contributed by atoms with van der Waals surface area (Å²) >= 11 is 0. The number of hydrogen-bond donors (Lipinski definition) is 0. The van der Waals surface area contributed by atoms with Crippen molar-refractivity contribution in [3.63, 3.8) is 0 Å². The van der Waals surface area contributed by atoms with Gasteiger partial charge in [-0.3, -0.25) is 4.79 Å². The fraction of sp³-hybridized carbons (Fsp3) is 0.533. The van der Waals surface area contributed by atoms with Gasteiger partial charge in [0.15, 0.2) is 0 Å². The van der Waals surface area contributed by atoms with Crippen molar-refractivity contribution in [2.45, 2.75) is 40.0 Å². The molecule has 0 aromatic heterocycles. The molecule has 3 heteroatoms. The average Bonchev–Trinajstić information content (AvgIpc) is 2.32. The minimum absolute atomic E-state index is 0.230. The zero-order chi connectivity index (χ0) is 13.9. The number of benzene rings is 1. The fourth-order valence-corrected chi connectivity index (χ4v) is 1.97. The molecule has 0 aliphatic rings. The van der Waals surface area contributed by atoms with E-state index in [0.717, 1.165) is 22.4 Å². The second kappa shape index (κ2) is 5.42. The van der Waals surface area contributed by atoms with Gasteiger partial charge in [0.2, 0.25) is 0 Å². The normalized spacial score (nSPS) is 11.2.